The smallest absolute Gasteiger partial charge is 0.358 e. The molecular formula is C15H21N3O3. The highest BCUT2D eigenvalue weighted by Gasteiger charge is 2.27. The summed E-state index contributed by atoms with van der Waals surface area (Å²) in [6.07, 6.45) is 1.44. The minimum Gasteiger partial charge on any atom is -0.464 e. The van der Waals surface area contributed by atoms with Crippen molar-refractivity contribution in [3.8, 4) is 0 Å². The van der Waals surface area contributed by atoms with Crippen molar-refractivity contribution >= 4 is 17.1 Å². The zero-order valence-corrected chi connectivity index (χ0v) is 13.4. The third-order valence-corrected chi connectivity index (χ3v) is 3.37. The SMILES string of the molecule is COCc1c(C(C)(C)C)n(C)c2nc(C(=O)OC)cnc12. The van der Waals surface area contributed by atoms with Crippen LogP contribution in [-0.2, 0) is 28.5 Å². The van der Waals surface area contributed by atoms with E-state index in [9.17, 15) is 4.79 Å². The minimum atomic E-state index is -0.490. The van der Waals surface area contributed by atoms with Crippen molar-refractivity contribution in [2.45, 2.75) is 32.8 Å². The molecule has 0 aliphatic heterocycles. The molecule has 0 bridgehead atoms. The Morgan fingerprint density at radius 2 is 2.00 bits per heavy atom. The molecule has 0 aromatic carbocycles. The van der Waals surface area contributed by atoms with Gasteiger partial charge in [-0.2, -0.15) is 0 Å². The van der Waals surface area contributed by atoms with Crippen LogP contribution in [0.1, 0.15) is 42.5 Å². The predicted molar refractivity (Wildman–Crippen MR) is 79.3 cm³/mol. The third-order valence-electron chi connectivity index (χ3n) is 3.37. The van der Waals surface area contributed by atoms with Gasteiger partial charge in [0.15, 0.2) is 11.3 Å². The fraction of sp³-hybridized carbons (Fsp3) is 0.533. The van der Waals surface area contributed by atoms with Crippen LogP contribution in [0, 0.1) is 0 Å². The number of carbonyl (C=O) groups is 1. The molecule has 2 aromatic rings. The summed E-state index contributed by atoms with van der Waals surface area (Å²) >= 11 is 0. The van der Waals surface area contributed by atoms with Crippen LogP contribution in [0.15, 0.2) is 6.20 Å². The lowest BCUT2D eigenvalue weighted by Gasteiger charge is -2.21. The van der Waals surface area contributed by atoms with E-state index in [1.54, 1.807) is 7.11 Å². The van der Waals surface area contributed by atoms with E-state index in [1.165, 1.54) is 13.3 Å². The van der Waals surface area contributed by atoms with E-state index in [0.29, 0.717) is 12.3 Å². The fourth-order valence-electron chi connectivity index (χ4n) is 2.69. The number of ether oxygens (including phenoxy) is 2. The average Bonchev–Trinajstić information content (AvgIpc) is 2.71. The van der Waals surface area contributed by atoms with E-state index in [2.05, 4.69) is 30.7 Å². The number of methoxy groups -OCH3 is 2. The van der Waals surface area contributed by atoms with Crippen molar-refractivity contribution in [3.63, 3.8) is 0 Å². The van der Waals surface area contributed by atoms with Gasteiger partial charge in [-0.1, -0.05) is 20.8 Å². The van der Waals surface area contributed by atoms with Gasteiger partial charge in [-0.05, 0) is 0 Å². The molecule has 0 aliphatic rings. The molecule has 0 radical (unpaired) electrons. The fourth-order valence-corrected chi connectivity index (χ4v) is 2.69. The molecule has 2 aromatic heterocycles. The Kier molecular flexibility index (Phi) is 4.00. The lowest BCUT2D eigenvalue weighted by atomic mass is 9.89. The number of rotatable bonds is 3. The number of aromatic nitrogens is 3. The summed E-state index contributed by atoms with van der Waals surface area (Å²) in [4.78, 5) is 20.4. The second kappa shape index (κ2) is 5.44. The van der Waals surface area contributed by atoms with E-state index >= 15 is 0 Å². The molecule has 0 unspecified atom stereocenters. The van der Waals surface area contributed by atoms with Gasteiger partial charge in [-0.3, -0.25) is 0 Å². The molecule has 0 fully saturated rings. The molecule has 2 heterocycles. The largest absolute Gasteiger partial charge is 0.464 e. The summed E-state index contributed by atoms with van der Waals surface area (Å²) < 4.78 is 12.0. The van der Waals surface area contributed by atoms with Crippen LogP contribution in [-0.4, -0.2) is 34.7 Å². The van der Waals surface area contributed by atoms with Crippen molar-refractivity contribution in [2.24, 2.45) is 7.05 Å². The van der Waals surface area contributed by atoms with Gasteiger partial charge in [0.25, 0.3) is 0 Å². The number of esters is 1. The maximum absolute atomic E-state index is 11.6. The lowest BCUT2D eigenvalue weighted by Crippen LogP contribution is -2.18. The first-order valence-electron chi connectivity index (χ1n) is 6.73. The number of carbonyl (C=O) groups excluding carboxylic acids is 1. The van der Waals surface area contributed by atoms with Crippen molar-refractivity contribution in [1.82, 2.24) is 14.5 Å². The zero-order valence-electron chi connectivity index (χ0n) is 13.4. The zero-order chi connectivity index (χ0) is 15.8. The van der Waals surface area contributed by atoms with Crippen LogP contribution in [0.2, 0.25) is 0 Å². The first-order chi connectivity index (χ1) is 9.81. The molecule has 0 aliphatic carbocycles. The van der Waals surface area contributed by atoms with E-state index in [1.807, 2.05) is 11.6 Å². The van der Waals surface area contributed by atoms with Crippen LogP contribution < -0.4 is 0 Å². The maximum Gasteiger partial charge on any atom is 0.358 e. The minimum absolute atomic E-state index is 0.0869. The molecule has 2 rings (SSSR count). The quantitative estimate of drug-likeness (QED) is 0.811. The highest BCUT2D eigenvalue weighted by molar-refractivity contribution is 5.89. The Morgan fingerprint density at radius 1 is 1.33 bits per heavy atom. The summed E-state index contributed by atoms with van der Waals surface area (Å²) in [7, 11) is 4.91. The van der Waals surface area contributed by atoms with E-state index in [4.69, 9.17) is 9.47 Å². The summed E-state index contributed by atoms with van der Waals surface area (Å²) in [6.45, 7) is 6.83. The number of hydrogen-bond acceptors (Lipinski definition) is 5. The monoisotopic (exact) mass is 291 g/mol. The molecule has 0 spiro atoms. The maximum atomic E-state index is 11.6. The second-order valence-corrected chi connectivity index (χ2v) is 5.99. The Labute approximate surface area is 124 Å². The Hall–Kier alpha value is -1.95. The summed E-state index contributed by atoms with van der Waals surface area (Å²) in [5.74, 6) is -0.490. The average molecular weight is 291 g/mol. The summed E-state index contributed by atoms with van der Waals surface area (Å²) in [5, 5.41) is 0. The van der Waals surface area contributed by atoms with E-state index in [-0.39, 0.29) is 11.1 Å². The first-order valence-corrected chi connectivity index (χ1v) is 6.73. The standard InChI is InChI=1S/C15H21N3O3/c1-15(2,3)12-9(8-20-5)11-13(18(12)4)17-10(7-16-11)14(19)21-6/h7H,8H2,1-6H3. The molecule has 0 saturated carbocycles. The topological polar surface area (TPSA) is 66.2 Å². The van der Waals surface area contributed by atoms with Gasteiger partial charge in [-0.25, -0.2) is 14.8 Å². The lowest BCUT2D eigenvalue weighted by molar-refractivity contribution is 0.0594. The normalized spacial score (nSPS) is 11.9. The molecule has 0 amide bonds. The van der Waals surface area contributed by atoms with Crippen molar-refractivity contribution in [3.05, 3.63) is 23.1 Å². The van der Waals surface area contributed by atoms with Gasteiger partial charge >= 0.3 is 5.97 Å². The van der Waals surface area contributed by atoms with Gasteiger partial charge in [0, 0.05) is 30.8 Å². The first kappa shape index (κ1) is 15.4. The molecule has 21 heavy (non-hydrogen) atoms. The highest BCUT2D eigenvalue weighted by Crippen LogP contribution is 2.32. The highest BCUT2D eigenvalue weighted by atomic mass is 16.5. The second-order valence-electron chi connectivity index (χ2n) is 5.99. The molecule has 6 nitrogen and oxygen atoms in total. The summed E-state index contributed by atoms with van der Waals surface area (Å²) in [6, 6.07) is 0. The van der Waals surface area contributed by atoms with Crippen LogP contribution in [0.5, 0.6) is 0 Å². The molecule has 0 atom stereocenters. The number of fused-ring (bicyclic) bond motifs is 1. The van der Waals surface area contributed by atoms with Crippen LogP contribution in [0.25, 0.3) is 11.2 Å². The molecule has 0 saturated heterocycles. The van der Waals surface area contributed by atoms with Crippen LogP contribution in [0.3, 0.4) is 0 Å². The molecular weight excluding hydrogens is 270 g/mol. The predicted octanol–water partition coefficient (Wildman–Crippen LogP) is 2.20. The molecule has 6 heteroatoms. The van der Waals surface area contributed by atoms with Gasteiger partial charge in [0.1, 0.15) is 5.52 Å². The van der Waals surface area contributed by atoms with Gasteiger partial charge < -0.3 is 14.0 Å². The summed E-state index contributed by atoms with van der Waals surface area (Å²) in [5.41, 5.74) is 3.64. The van der Waals surface area contributed by atoms with Gasteiger partial charge in [-0.15, -0.1) is 0 Å². The third kappa shape index (κ3) is 2.63. The van der Waals surface area contributed by atoms with Crippen LogP contribution >= 0.6 is 0 Å². The van der Waals surface area contributed by atoms with E-state index < -0.39 is 5.97 Å². The Balaban J connectivity index is 2.76. The van der Waals surface area contributed by atoms with Crippen LogP contribution in [0.4, 0.5) is 0 Å². The van der Waals surface area contributed by atoms with Gasteiger partial charge in [0.05, 0.1) is 19.9 Å². The van der Waals surface area contributed by atoms with Crippen molar-refractivity contribution < 1.29 is 14.3 Å². The van der Waals surface area contributed by atoms with Crippen molar-refractivity contribution in [2.75, 3.05) is 14.2 Å². The van der Waals surface area contributed by atoms with Gasteiger partial charge in [0.2, 0.25) is 0 Å². The number of nitrogens with zero attached hydrogens (tertiary/aromatic N) is 3. The molecule has 114 valence electrons. The number of hydrogen-bond donors (Lipinski definition) is 0. The Bertz CT molecular complexity index is 684. The van der Waals surface area contributed by atoms with E-state index in [0.717, 1.165) is 16.8 Å². The van der Waals surface area contributed by atoms with Crippen molar-refractivity contribution in [1.29, 1.82) is 0 Å². The molecule has 0 N–H and O–H groups in total. The number of aryl methyl sites for hydroxylation is 1. The Morgan fingerprint density at radius 3 is 2.52 bits per heavy atom.